The maximum atomic E-state index is 12.7. The second-order valence-corrected chi connectivity index (χ2v) is 3.56. The minimum Gasteiger partial charge on any atom is -0.305 e. The summed E-state index contributed by atoms with van der Waals surface area (Å²) in [6.07, 6.45) is 2.40. The Hall–Kier alpha value is -0.890. The Morgan fingerprint density at radius 3 is 2.54 bits per heavy atom. The molecule has 1 aromatic carbocycles. The molecular weight excluding hydrogens is 165 g/mol. The largest absolute Gasteiger partial charge is 0.305 e. The zero-order chi connectivity index (χ0) is 9.10. The van der Waals surface area contributed by atoms with Crippen molar-refractivity contribution in [3.05, 3.63) is 35.9 Å². The molecule has 0 amide bonds. The Bertz CT molecular complexity index is 256. The van der Waals surface area contributed by atoms with E-state index in [0.717, 1.165) is 5.56 Å². The summed E-state index contributed by atoms with van der Waals surface area (Å²) in [5, 5.41) is 3.28. The summed E-state index contributed by atoms with van der Waals surface area (Å²) in [5.41, 5.74) is 1.05. The molecule has 0 radical (unpaired) electrons. The molecule has 2 rings (SSSR count). The van der Waals surface area contributed by atoms with E-state index >= 15 is 0 Å². The van der Waals surface area contributed by atoms with Gasteiger partial charge in [0, 0.05) is 6.04 Å². The first kappa shape index (κ1) is 8.70. The van der Waals surface area contributed by atoms with Gasteiger partial charge in [0.1, 0.15) is 6.67 Å². The maximum Gasteiger partial charge on any atom is 0.109 e. The Balaban J connectivity index is 2.02. The normalized spacial score (nSPS) is 18.5. The third-order valence-electron chi connectivity index (χ3n) is 2.37. The van der Waals surface area contributed by atoms with E-state index in [4.69, 9.17) is 0 Å². The van der Waals surface area contributed by atoms with Gasteiger partial charge in [-0.25, -0.2) is 4.39 Å². The fourth-order valence-corrected chi connectivity index (χ4v) is 1.45. The molecule has 1 unspecified atom stereocenters. The van der Waals surface area contributed by atoms with E-state index in [-0.39, 0.29) is 12.7 Å². The maximum absolute atomic E-state index is 12.7. The molecule has 1 aliphatic rings. The molecule has 1 aliphatic carbocycles. The van der Waals surface area contributed by atoms with Crippen molar-refractivity contribution in [3.63, 3.8) is 0 Å². The van der Waals surface area contributed by atoms with Crippen molar-refractivity contribution >= 4 is 0 Å². The van der Waals surface area contributed by atoms with Gasteiger partial charge in [0.25, 0.3) is 0 Å². The summed E-state index contributed by atoms with van der Waals surface area (Å²) >= 11 is 0. The molecule has 1 N–H and O–H groups in total. The minimum atomic E-state index is -0.319. The molecule has 13 heavy (non-hydrogen) atoms. The van der Waals surface area contributed by atoms with E-state index in [2.05, 4.69) is 5.32 Å². The van der Waals surface area contributed by atoms with Crippen LogP contribution >= 0.6 is 0 Å². The lowest BCUT2D eigenvalue weighted by Crippen LogP contribution is -2.24. The Kier molecular flexibility index (Phi) is 2.60. The first-order chi connectivity index (χ1) is 6.40. The van der Waals surface area contributed by atoms with Crippen LogP contribution in [0.3, 0.4) is 0 Å². The zero-order valence-electron chi connectivity index (χ0n) is 7.54. The van der Waals surface area contributed by atoms with Gasteiger partial charge in [-0.3, -0.25) is 0 Å². The minimum absolute atomic E-state index is 0.103. The van der Waals surface area contributed by atoms with Crippen LogP contribution in [0.1, 0.15) is 24.4 Å². The van der Waals surface area contributed by atoms with E-state index < -0.39 is 0 Å². The van der Waals surface area contributed by atoms with Gasteiger partial charge in [0.15, 0.2) is 0 Å². The lowest BCUT2D eigenvalue weighted by molar-refractivity contribution is 0.380. The average molecular weight is 179 g/mol. The lowest BCUT2D eigenvalue weighted by Gasteiger charge is -2.14. The fourth-order valence-electron chi connectivity index (χ4n) is 1.45. The molecule has 1 aromatic rings. The average Bonchev–Trinajstić information content (AvgIpc) is 2.99. The van der Waals surface area contributed by atoms with Crippen LogP contribution in [0.15, 0.2) is 30.3 Å². The number of halogens is 1. The quantitative estimate of drug-likeness (QED) is 0.748. The summed E-state index contributed by atoms with van der Waals surface area (Å²) in [6.45, 7) is -0.319. The van der Waals surface area contributed by atoms with Crippen LogP contribution in [0, 0.1) is 0 Å². The van der Waals surface area contributed by atoms with Gasteiger partial charge in [0.05, 0.1) is 6.04 Å². The SMILES string of the molecule is FCC(NC1CC1)c1ccccc1. The van der Waals surface area contributed by atoms with Gasteiger partial charge < -0.3 is 5.32 Å². The van der Waals surface area contributed by atoms with Crippen molar-refractivity contribution in [1.82, 2.24) is 5.32 Å². The molecule has 2 heteroatoms. The van der Waals surface area contributed by atoms with Crippen molar-refractivity contribution in [3.8, 4) is 0 Å². The van der Waals surface area contributed by atoms with Gasteiger partial charge in [-0.05, 0) is 18.4 Å². The molecule has 0 aliphatic heterocycles. The van der Waals surface area contributed by atoms with Gasteiger partial charge in [-0.15, -0.1) is 0 Å². The van der Waals surface area contributed by atoms with Crippen LogP contribution < -0.4 is 5.32 Å². The second-order valence-electron chi connectivity index (χ2n) is 3.56. The molecule has 0 bridgehead atoms. The van der Waals surface area contributed by atoms with Crippen molar-refractivity contribution < 1.29 is 4.39 Å². The highest BCUT2D eigenvalue weighted by molar-refractivity contribution is 5.19. The van der Waals surface area contributed by atoms with E-state index in [1.807, 2.05) is 30.3 Å². The molecule has 1 fully saturated rings. The molecule has 0 spiro atoms. The van der Waals surface area contributed by atoms with Crippen LogP contribution in [-0.2, 0) is 0 Å². The van der Waals surface area contributed by atoms with Crippen LogP contribution in [0.5, 0.6) is 0 Å². The van der Waals surface area contributed by atoms with Crippen LogP contribution in [0.2, 0.25) is 0 Å². The summed E-state index contributed by atoms with van der Waals surface area (Å²) in [5.74, 6) is 0. The first-order valence-electron chi connectivity index (χ1n) is 4.77. The smallest absolute Gasteiger partial charge is 0.109 e. The van der Waals surface area contributed by atoms with E-state index in [9.17, 15) is 4.39 Å². The van der Waals surface area contributed by atoms with Crippen molar-refractivity contribution in [2.45, 2.75) is 24.9 Å². The highest BCUT2D eigenvalue weighted by Gasteiger charge is 2.24. The summed E-state index contributed by atoms with van der Waals surface area (Å²) < 4.78 is 12.7. The molecule has 1 saturated carbocycles. The number of hydrogen-bond acceptors (Lipinski definition) is 1. The Morgan fingerprint density at radius 2 is 2.00 bits per heavy atom. The van der Waals surface area contributed by atoms with Crippen molar-refractivity contribution in [1.29, 1.82) is 0 Å². The molecule has 70 valence electrons. The fraction of sp³-hybridized carbons (Fsp3) is 0.455. The third kappa shape index (κ3) is 2.28. The summed E-state index contributed by atoms with van der Waals surface area (Å²) in [6, 6.07) is 10.3. The van der Waals surface area contributed by atoms with E-state index in [1.54, 1.807) is 0 Å². The van der Waals surface area contributed by atoms with Gasteiger partial charge in [-0.2, -0.15) is 0 Å². The zero-order valence-corrected chi connectivity index (χ0v) is 7.54. The Labute approximate surface area is 78.0 Å². The van der Waals surface area contributed by atoms with Crippen LogP contribution in [-0.4, -0.2) is 12.7 Å². The Morgan fingerprint density at radius 1 is 1.31 bits per heavy atom. The molecule has 1 atom stereocenters. The van der Waals surface area contributed by atoms with Crippen LogP contribution in [0.25, 0.3) is 0 Å². The summed E-state index contributed by atoms with van der Waals surface area (Å²) in [7, 11) is 0. The lowest BCUT2D eigenvalue weighted by atomic mass is 10.1. The number of hydrogen-bond donors (Lipinski definition) is 1. The predicted molar refractivity (Wildman–Crippen MR) is 51.3 cm³/mol. The van der Waals surface area contributed by atoms with Crippen molar-refractivity contribution in [2.75, 3.05) is 6.67 Å². The molecule has 0 saturated heterocycles. The number of rotatable bonds is 4. The van der Waals surface area contributed by atoms with Gasteiger partial charge in [-0.1, -0.05) is 30.3 Å². The van der Waals surface area contributed by atoms with E-state index in [1.165, 1.54) is 12.8 Å². The monoisotopic (exact) mass is 179 g/mol. The number of nitrogens with one attached hydrogen (secondary N) is 1. The number of benzene rings is 1. The summed E-state index contributed by atoms with van der Waals surface area (Å²) in [4.78, 5) is 0. The third-order valence-corrected chi connectivity index (χ3v) is 2.37. The van der Waals surface area contributed by atoms with E-state index in [0.29, 0.717) is 6.04 Å². The topological polar surface area (TPSA) is 12.0 Å². The highest BCUT2D eigenvalue weighted by atomic mass is 19.1. The predicted octanol–water partition coefficient (Wildman–Crippen LogP) is 2.45. The molecular formula is C11H14FN. The highest BCUT2D eigenvalue weighted by Crippen LogP contribution is 2.24. The molecule has 0 aromatic heterocycles. The van der Waals surface area contributed by atoms with Gasteiger partial charge >= 0.3 is 0 Å². The van der Waals surface area contributed by atoms with Gasteiger partial charge in [0.2, 0.25) is 0 Å². The standard InChI is InChI=1S/C11H14FN/c12-8-11(13-10-6-7-10)9-4-2-1-3-5-9/h1-5,10-11,13H,6-8H2. The molecule has 0 heterocycles. The van der Waals surface area contributed by atoms with Crippen LogP contribution in [0.4, 0.5) is 4.39 Å². The molecule has 1 nitrogen and oxygen atoms in total. The number of alkyl halides is 1. The first-order valence-corrected chi connectivity index (χ1v) is 4.77. The van der Waals surface area contributed by atoms with Crippen molar-refractivity contribution in [2.24, 2.45) is 0 Å². The second kappa shape index (κ2) is 3.88.